The first-order valence-electron chi connectivity index (χ1n) is 10.0. The minimum atomic E-state index is -0.844. The number of ether oxygens (including phenoxy) is 2. The average molecular weight is 425 g/mol. The standard InChI is InChI=1S/C23H27N3O5/c1-25(15-17-7-5-4-6-8-17)21(27)14-18-22(28)26(23(29)24-18)12-11-16-9-10-19(30-2)20(13-16)31-3/h4-10,13,18H,11-12,14-15H2,1-3H3,(H,24,29)/t18-/m1/s1. The molecule has 1 saturated heterocycles. The first kappa shape index (κ1) is 22.1. The number of methoxy groups -OCH3 is 2. The van der Waals surface area contributed by atoms with Crippen LogP contribution in [0, 0.1) is 0 Å². The van der Waals surface area contributed by atoms with E-state index in [0.29, 0.717) is 24.5 Å². The Morgan fingerprint density at radius 2 is 1.74 bits per heavy atom. The zero-order valence-electron chi connectivity index (χ0n) is 18.0. The van der Waals surface area contributed by atoms with Crippen molar-refractivity contribution in [3.63, 3.8) is 0 Å². The van der Waals surface area contributed by atoms with Gasteiger partial charge in [0.15, 0.2) is 11.5 Å². The molecule has 1 fully saturated rings. The van der Waals surface area contributed by atoms with Crippen molar-refractivity contribution in [2.45, 2.75) is 25.4 Å². The molecular formula is C23H27N3O5. The number of hydrogen-bond acceptors (Lipinski definition) is 5. The van der Waals surface area contributed by atoms with Crippen molar-refractivity contribution in [2.24, 2.45) is 0 Å². The molecule has 1 aliphatic heterocycles. The highest BCUT2D eigenvalue weighted by atomic mass is 16.5. The number of carbonyl (C=O) groups excluding carboxylic acids is 3. The van der Waals surface area contributed by atoms with Gasteiger partial charge in [0.1, 0.15) is 6.04 Å². The third-order valence-electron chi connectivity index (χ3n) is 5.25. The van der Waals surface area contributed by atoms with Gasteiger partial charge in [-0.2, -0.15) is 0 Å². The summed E-state index contributed by atoms with van der Waals surface area (Å²) in [6.07, 6.45) is 0.398. The van der Waals surface area contributed by atoms with Gasteiger partial charge in [0, 0.05) is 20.1 Å². The molecule has 0 saturated carbocycles. The fourth-order valence-corrected chi connectivity index (χ4v) is 3.48. The number of rotatable bonds is 9. The number of nitrogens with one attached hydrogen (secondary N) is 1. The van der Waals surface area contributed by atoms with Crippen molar-refractivity contribution in [3.8, 4) is 11.5 Å². The molecule has 1 heterocycles. The summed E-state index contributed by atoms with van der Waals surface area (Å²) in [6.45, 7) is 0.655. The Bertz CT molecular complexity index is 947. The Labute approximate surface area is 181 Å². The van der Waals surface area contributed by atoms with E-state index in [1.165, 1.54) is 0 Å². The highest BCUT2D eigenvalue weighted by molar-refractivity contribution is 6.05. The zero-order valence-corrected chi connectivity index (χ0v) is 18.0. The van der Waals surface area contributed by atoms with Crippen LogP contribution >= 0.6 is 0 Å². The van der Waals surface area contributed by atoms with Crippen molar-refractivity contribution in [2.75, 3.05) is 27.8 Å². The second-order valence-electron chi connectivity index (χ2n) is 7.37. The lowest BCUT2D eigenvalue weighted by Crippen LogP contribution is -2.37. The molecule has 0 aliphatic carbocycles. The van der Waals surface area contributed by atoms with Gasteiger partial charge in [-0.05, 0) is 29.7 Å². The van der Waals surface area contributed by atoms with Crippen LogP contribution in [-0.2, 0) is 22.6 Å². The van der Waals surface area contributed by atoms with Crippen molar-refractivity contribution < 1.29 is 23.9 Å². The fourth-order valence-electron chi connectivity index (χ4n) is 3.48. The fraction of sp³-hybridized carbons (Fsp3) is 0.348. The van der Waals surface area contributed by atoms with Gasteiger partial charge in [-0.25, -0.2) is 4.79 Å². The molecule has 0 unspecified atom stereocenters. The Morgan fingerprint density at radius 3 is 2.42 bits per heavy atom. The lowest BCUT2D eigenvalue weighted by Gasteiger charge is -2.19. The van der Waals surface area contributed by atoms with Crippen LogP contribution in [0.3, 0.4) is 0 Å². The van der Waals surface area contributed by atoms with E-state index >= 15 is 0 Å². The second kappa shape index (κ2) is 9.97. The summed E-state index contributed by atoms with van der Waals surface area (Å²) in [5.41, 5.74) is 1.90. The van der Waals surface area contributed by atoms with E-state index in [4.69, 9.17) is 9.47 Å². The summed E-state index contributed by atoms with van der Waals surface area (Å²) in [6, 6.07) is 13.7. The maximum absolute atomic E-state index is 12.7. The number of urea groups is 1. The highest BCUT2D eigenvalue weighted by Crippen LogP contribution is 2.28. The lowest BCUT2D eigenvalue weighted by atomic mass is 10.1. The Balaban J connectivity index is 1.56. The molecule has 8 nitrogen and oxygen atoms in total. The lowest BCUT2D eigenvalue weighted by molar-refractivity contribution is -0.135. The maximum atomic E-state index is 12.7. The number of imide groups is 1. The molecule has 2 aromatic carbocycles. The van der Waals surface area contributed by atoms with Crippen LogP contribution in [0.4, 0.5) is 4.79 Å². The van der Waals surface area contributed by atoms with E-state index in [1.54, 1.807) is 32.2 Å². The Hall–Kier alpha value is -3.55. The van der Waals surface area contributed by atoms with Crippen LogP contribution in [0.1, 0.15) is 17.5 Å². The quantitative estimate of drug-likeness (QED) is 0.623. The number of nitrogens with zero attached hydrogens (tertiary/aromatic N) is 2. The number of amides is 4. The van der Waals surface area contributed by atoms with Crippen molar-refractivity contribution >= 4 is 17.8 Å². The van der Waals surface area contributed by atoms with E-state index < -0.39 is 12.1 Å². The van der Waals surface area contributed by atoms with Gasteiger partial charge in [-0.15, -0.1) is 0 Å². The van der Waals surface area contributed by atoms with E-state index in [2.05, 4.69) is 5.32 Å². The van der Waals surface area contributed by atoms with E-state index in [-0.39, 0.29) is 24.8 Å². The monoisotopic (exact) mass is 425 g/mol. The second-order valence-corrected chi connectivity index (χ2v) is 7.37. The van der Waals surface area contributed by atoms with Crippen molar-refractivity contribution in [1.29, 1.82) is 0 Å². The summed E-state index contributed by atoms with van der Waals surface area (Å²) >= 11 is 0. The molecular weight excluding hydrogens is 398 g/mol. The minimum absolute atomic E-state index is 0.0687. The summed E-state index contributed by atoms with van der Waals surface area (Å²) in [7, 11) is 4.80. The SMILES string of the molecule is COc1ccc(CCN2C(=O)N[C@H](CC(=O)N(C)Cc3ccccc3)C2=O)cc1OC. The molecule has 3 rings (SSSR count). The van der Waals surface area contributed by atoms with Gasteiger partial charge in [0.05, 0.1) is 20.6 Å². The summed E-state index contributed by atoms with van der Waals surface area (Å²) in [5.74, 6) is 0.609. The maximum Gasteiger partial charge on any atom is 0.324 e. The van der Waals surface area contributed by atoms with Crippen LogP contribution in [0.2, 0.25) is 0 Å². The van der Waals surface area contributed by atoms with Crippen molar-refractivity contribution in [3.05, 3.63) is 59.7 Å². The van der Waals surface area contributed by atoms with Gasteiger partial charge in [-0.3, -0.25) is 14.5 Å². The summed E-state index contributed by atoms with van der Waals surface area (Å²) in [5, 5.41) is 2.63. The van der Waals surface area contributed by atoms with E-state index in [9.17, 15) is 14.4 Å². The van der Waals surface area contributed by atoms with Crippen LogP contribution in [0.15, 0.2) is 48.5 Å². The predicted molar refractivity (Wildman–Crippen MR) is 115 cm³/mol. The van der Waals surface area contributed by atoms with Gasteiger partial charge >= 0.3 is 6.03 Å². The molecule has 0 aromatic heterocycles. The van der Waals surface area contributed by atoms with E-state index in [1.807, 2.05) is 42.5 Å². The molecule has 1 aliphatic rings. The molecule has 0 spiro atoms. The predicted octanol–water partition coefficient (Wildman–Crippen LogP) is 2.22. The summed E-state index contributed by atoms with van der Waals surface area (Å²) in [4.78, 5) is 40.3. The molecule has 1 atom stereocenters. The molecule has 0 bridgehead atoms. The molecule has 0 radical (unpaired) electrons. The highest BCUT2D eigenvalue weighted by Gasteiger charge is 2.39. The third kappa shape index (κ3) is 5.33. The van der Waals surface area contributed by atoms with Gasteiger partial charge in [0.25, 0.3) is 5.91 Å². The van der Waals surface area contributed by atoms with Gasteiger partial charge in [-0.1, -0.05) is 36.4 Å². The summed E-state index contributed by atoms with van der Waals surface area (Å²) < 4.78 is 10.5. The number of benzene rings is 2. The average Bonchev–Trinajstić information content (AvgIpc) is 3.04. The zero-order chi connectivity index (χ0) is 22.4. The molecule has 31 heavy (non-hydrogen) atoms. The largest absolute Gasteiger partial charge is 0.493 e. The van der Waals surface area contributed by atoms with Crippen LogP contribution in [-0.4, -0.2) is 61.5 Å². The molecule has 8 heteroatoms. The first-order chi connectivity index (χ1) is 14.9. The number of carbonyl (C=O) groups is 3. The van der Waals surface area contributed by atoms with Crippen LogP contribution < -0.4 is 14.8 Å². The number of hydrogen-bond donors (Lipinski definition) is 1. The molecule has 164 valence electrons. The van der Waals surface area contributed by atoms with Gasteiger partial charge < -0.3 is 19.7 Å². The Morgan fingerprint density at radius 1 is 1.03 bits per heavy atom. The first-order valence-corrected chi connectivity index (χ1v) is 10.0. The normalized spacial score (nSPS) is 15.6. The van der Waals surface area contributed by atoms with Crippen molar-refractivity contribution in [1.82, 2.24) is 15.1 Å². The Kier molecular flexibility index (Phi) is 7.12. The molecule has 4 amide bonds. The van der Waals surface area contributed by atoms with E-state index in [0.717, 1.165) is 16.0 Å². The van der Waals surface area contributed by atoms with Crippen LogP contribution in [0.25, 0.3) is 0 Å². The smallest absolute Gasteiger partial charge is 0.324 e. The van der Waals surface area contributed by atoms with Gasteiger partial charge in [0.2, 0.25) is 5.91 Å². The van der Waals surface area contributed by atoms with Crippen LogP contribution in [0.5, 0.6) is 11.5 Å². The third-order valence-corrected chi connectivity index (χ3v) is 5.25. The molecule has 1 N–H and O–H groups in total. The topological polar surface area (TPSA) is 88.2 Å². The minimum Gasteiger partial charge on any atom is -0.493 e. The molecule has 2 aromatic rings.